The predicted octanol–water partition coefficient (Wildman–Crippen LogP) is 10.3. The van der Waals surface area contributed by atoms with Gasteiger partial charge in [0.25, 0.3) is 0 Å². The lowest BCUT2D eigenvalue weighted by atomic mass is 9.32. The molecular formula is C45H68N2O3. The number of allylic oxidation sites excluding steroid dienone is 3. The van der Waals surface area contributed by atoms with Crippen LogP contribution in [0.1, 0.15) is 143 Å². The number of rotatable bonds is 9. The lowest BCUT2D eigenvalue weighted by Crippen LogP contribution is -2.66. The normalized spacial score (nSPS) is 38.9. The first-order chi connectivity index (χ1) is 23.3. The van der Waals surface area contributed by atoms with Crippen LogP contribution in [-0.4, -0.2) is 47.1 Å². The number of carbonyl (C=O) groups is 2. The molecule has 0 saturated heterocycles. The zero-order valence-electron chi connectivity index (χ0n) is 33.1. The molecule has 9 atom stereocenters. The number of carboxylic acid groups (broad SMARTS) is 1. The van der Waals surface area contributed by atoms with E-state index >= 15 is 0 Å². The molecule has 50 heavy (non-hydrogen) atoms. The van der Waals surface area contributed by atoms with Crippen molar-refractivity contribution >= 4 is 17.4 Å². The van der Waals surface area contributed by atoms with Crippen LogP contribution in [0.3, 0.4) is 0 Å². The highest BCUT2D eigenvalue weighted by atomic mass is 16.4. The van der Waals surface area contributed by atoms with E-state index in [0.717, 1.165) is 45.2 Å². The van der Waals surface area contributed by atoms with Crippen molar-refractivity contribution in [2.75, 3.05) is 13.1 Å². The number of amides is 1. The maximum atomic E-state index is 14.5. The maximum Gasteiger partial charge on any atom is 0.335 e. The van der Waals surface area contributed by atoms with Gasteiger partial charge in [0.2, 0.25) is 5.91 Å². The van der Waals surface area contributed by atoms with E-state index in [1.165, 1.54) is 42.4 Å². The van der Waals surface area contributed by atoms with Gasteiger partial charge in [-0.2, -0.15) is 0 Å². The zero-order chi connectivity index (χ0) is 36.6. The monoisotopic (exact) mass is 685 g/mol. The fourth-order valence-corrected chi connectivity index (χ4v) is 14.0. The minimum atomic E-state index is -0.871. The Kier molecular flexibility index (Phi) is 9.65. The largest absolute Gasteiger partial charge is 0.478 e. The first kappa shape index (κ1) is 37.4. The molecule has 5 nitrogen and oxygen atoms in total. The number of nitrogens with one attached hydrogen (secondary N) is 1. The van der Waals surface area contributed by atoms with Crippen molar-refractivity contribution in [2.45, 2.75) is 139 Å². The molecule has 5 aliphatic carbocycles. The summed E-state index contributed by atoms with van der Waals surface area (Å²) in [4.78, 5) is 28.6. The van der Waals surface area contributed by atoms with Crippen LogP contribution in [0.5, 0.6) is 0 Å². The average Bonchev–Trinajstić information content (AvgIpc) is 3.44. The quantitative estimate of drug-likeness (QED) is 0.254. The van der Waals surface area contributed by atoms with Crippen LogP contribution in [0.25, 0.3) is 5.57 Å². The van der Waals surface area contributed by atoms with Gasteiger partial charge in [-0.25, -0.2) is 4.79 Å². The first-order valence-electron chi connectivity index (χ1n) is 20.1. The second-order valence-electron chi connectivity index (χ2n) is 19.4. The van der Waals surface area contributed by atoms with Gasteiger partial charge in [0.05, 0.1) is 11.0 Å². The van der Waals surface area contributed by atoms with E-state index in [1.807, 2.05) is 12.1 Å². The van der Waals surface area contributed by atoms with E-state index in [-0.39, 0.29) is 27.1 Å². The summed E-state index contributed by atoms with van der Waals surface area (Å²) in [6.07, 6.45) is 12.7. The van der Waals surface area contributed by atoms with Gasteiger partial charge >= 0.3 is 5.97 Å². The van der Waals surface area contributed by atoms with Gasteiger partial charge in [-0.3, -0.25) is 9.69 Å². The molecule has 6 rings (SSSR count). The molecular weight excluding hydrogens is 617 g/mol. The Labute approximate surface area is 304 Å². The Balaban J connectivity index is 1.29. The number of hydrogen-bond acceptors (Lipinski definition) is 3. The van der Waals surface area contributed by atoms with Gasteiger partial charge < -0.3 is 10.4 Å². The third kappa shape index (κ3) is 5.48. The van der Waals surface area contributed by atoms with Gasteiger partial charge in [-0.15, -0.1) is 0 Å². The minimum absolute atomic E-state index is 0.00610. The van der Waals surface area contributed by atoms with Crippen molar-refractivity contribution in [1.82, 2.24) is 10.2 Å². The number of hydrogen-bond donors (Lipinski definition) is 2. The van der Waals surface area contributed by atoms with Crippen molar-refractivity contribution in [3.05, 3.63) is 53.6 Å². The van der Waals surface area contributed by atoms with Crippen LogP contribution in [0.2, 0.25) is 0 Å². The Morgan fingerprint density at radius 3 is 2.14 bits per heavy atom. The van der Waals surface area contributed by atoms with E-state index in [0.29, 0.717) is 53.1 Å². The Hall–Kier alpha value is -2.40. The molecule has 0 bridgehead atoms. The maximum absolute atomic E-state index is 14.5. The summed E-state index contributed by atoms with van der Waals surface area (Å²) < 4.78 is 0. The third-order valence-corrected chi connectivity index (χ3v) is 16.5. The second kappa shape index (κ2) is 12.9. The number of carbonyl (C=O) groups excluding carboxylic acids is 1. The highest BCUT2D eigenvalue weighted by molar-refractivity contribution is 5.88. The molecule has 4 fully saturated rings. The predicted molar refractivity (Wildman–Crippen MR) is 206 cm³/mol. The molecule has 0 unspecified atom stereocenters. The molecule has 1 aromatic carbocycles. The van der Waals surface area contributed by atoms with Crippen molar-refractivity contribution in [1.29, 1.82) is 0 Å². The van der Waals surface area contributed by atoms with E-state index in [9.17, 15) is 14.7 Å². The van der Waals surface area contributed by atoms with Crippen molar-refractivity contribution in [3.8, 4) is 0 Å². The summed E-state index contributed by atoms with van der Waals surface area (Å²) in [5, 5.41) is 13.0. The number of fused-ring (bicyclic) bond motifs is 7. The minimum Gasteiger partial charge on any atom is -0.478 e. The summed E-state index contributed by atoms with van der Waals surface area (Å²) in [5.41, 5.74) is 4.49. The van der Waals surface area contributed by atoms with Crippen molar-refractivity contribution < 1.29 is 14.7 Å². The molecule has 0 aliphatic heterocycles. The van der Waals surface area contributed by atoms with Gasteiger partial charge in [0, 0.05) is 25.2 Å². The lowest BCUT2D eigenvalue weighted by Gasteiger charge is -2.72. The first-order valence-corrected chi connectivity index (χ1v) is 20.1. The van der Waals surface area contributed by atoms with Crippen LogP contribution >= 0.6 is 0 Å². The molecule has 1 amide bonds. The summed E-state index contributed by atoms with van der Waals surface area (Å²) >= 11 is 0. The van der Waals surface area contributed by atoms with Crippen molar-refractivity contribution in [2.24, 2.45) is 56.7 Å². The Bertz CT molecular complexity index is 1510. The van der Waals surface area contributed by atoms with Crippen LogP contribution in [0.15, 0.2) is 42.5 Å². The number of nitrogens with zero attached hydrogens (tertiary/aromatic N) is 1. The highest BCUT2D eigenvalue weighted by Gasteiger charge is 2.71. The van der Waals surface area contributed by atoms with Gasteiger partial charge in [0.15, 0.2) is 0 Å². The van der Waals surface area contributed by atoms with Gasteiger partial charge in [0.1, 0.15) is 0 Å². The fraction of sp³-hybridized carbons (Fsp3) is 0.733. The molecule has 276 valence electrons. The second-order valence-corrected chi connectivity index (χ2v) is 19.4. The molecule has 0 aromatic heterocycles. The van der Waals surface area contributed by atoms with E-state index in [1.54, 1.807) is 12.1 Å². The topological polar surface area (TPSA) is 69.6 Å². The standard InChI is InChI=1S/C45H68N2O3/c1-28(2)33-18-23-45(40(50)46-26-27-47(29(3)4)30(5)6)25-24-43(10)35(38(33)45)16-17-37-42(9)21-19-34(31-12-14-32(15-13-31)39(48)49)41(7,8)36(42)20-22-44(37,43)11/h12-15,19,29-30,33,35-38H,1,16-18,20-27H2,2-11H3,(H,46,50)(H,48,49)/t33-,35+,36-,37+,38+,42-,43+,44+,45-/m0/s1. The number of aromatic carboxylic acids is 1. The van der Waals surface area contributed by atoms with Crippen LogP contribution in [0.4, 0.5) is 0 Å². The average molecular weight is 685 g/mol. The fourth-order valence-electron chi connectivity index (χ4n) is 14.0. The highest BCUT2D eigenvalue weighted by Crippen LogP contribution is 2.77. The molecule has 0 radical (unpaired) electrons. The van der Waals surface area contributed by atoms with Crippen molar-refractivity contribution in [3.63, 3.8) is 0 Å². The number of benzene rings is 1. The SMILES string of the molecule is C=C(C)[C@@H]1CC[C@]2(C(=O)NCCN(C(C)C)C(C)C)CC[C@]3(C)[C@H](CC[C@@H]4[C@@]5(C)CC=C(c6ccc(C(=O)O)cc6)C(C)(C)[C@@H]5CC[C@]43C)[C@@H]12. The molecule has 5 heteroatoms. The summed E-state index contributed by atoms with van der Waals surface area (Å²) in [6, 6.07) is 8.49. The van der Waals surface area contributed by atoms with E-state index in [2.05, 4.69) is 92.1 Å². The lowest BCUT2D eigenvalue weighted by molar-refractivity contribution is -0.225. The van der Waals surface area contributed by atoms with Crippen LogP contribution in [0, 0.1) is 56.7 Å². The Morgan fingerprint density at radius 1 is 0.880 bits per heavy atom. The molecule has 0 heterocycles. The van der Waals surface area contributed by atoms with E-state index < -0.39 is 5.97 Å². The molecule has 5 aliphatic rings. The molecule has 1 aromatic rings. The Morgan fingerprint density at radius 2 is 1.54 bits per heavy atom. The van der Waals surface area contributed by atoms with Gasteiger partial charge in [-0.1, -0.05) is 65.0 Å². The number of carboxylic acids is 1. The van der Waals surface area contributed by atoms with Gasteiger partial charge in [-0.05, 0) is 167 Å². The summed E-state index contributed by atoms with van der Waals surface area (Å²) in [6.45, 7) is 30.3. The third-order valence-electron chi connectivity index (χ3n) is 16.5. The van der Waals surface area contributed by atoms with E-state index in [4.69, 9.17) is 0 Å². The molecule has 2 N–H and O–H groups in total. The van der Waals surface area contributed by atoms with Crippen LogP contribution in [-0.2, 0) is 4.79 Å². The molecule has 4 saturated carbocycles. The summed E-state index contributed by atoms with van der Waals surface area (Å²) in [7, 11) is 0. The zero-order valence-corrected chi connectivity index (χ0v) is 33.1. The molecule has 0 spiro atoms. The van der Waals surface area contributed by atoms with Crippen LogP contribution < -0.4 is 5.32 Å². The summed E-state index contributed by atoms with van der Waals surface area (Å²) in [5.74, 6) is 1.97. The smallest absolute Gasteiger partial charge is 0.335 e.